The molecule has 0 radical (unpaired) electrons. The summed E-state index contributed by atoms with van der Waals surface area (Å²) >= 11 is 0. The highest BCUT2D eigenvalue weighted by molar-refractivity contribution is 6.07. The van der Waals surface area contributed by atoms with E-state index in [0.29, 0.717) is 54.2 Å². The van der Waals surface area contributed by atoms with E-state index >= 15 is 0 Å². The Morgan fingerprint density at radius 1 is 1.15 bits per heavy atom. The van der Waals surface area contributed by atoms with Crippen molar-refractivity contribution in [3.05, 3.63) is 65.4 Å². The minimum atomic E-state index is -0.550. The normalized spacial score (nSPS) is 16.1. The van der Waals surface area contributed by atoms with E-state index < -0.39 is 5.60 Å². The number of carbonyl (C=O) groups excluding carboxylic acids is 2. The van der Waals surface area contributed by atoms with Crippen LogP contribution in [0.25, 0.3) is 11.0 Å². The SMILES string of the molecule is Cc1oc2ccc(OCc3ccccc3)cc2c1C(=O)N[C@H]1CCN(C(=O)OC(C)(C)C)C1. The first-order chi connectivity index (χ1) is 15.7. The summed E-state index contributed by atoms with van der Waals surface area (Å²) in [6.07, 6.45) is 0.315. The van der Waals surface area contributed by atoms with E-state index in [1.54, 1.807) is 11.8 Å². The molecule has 1 aliphatic heterocycles. The first-order valence-electron chi connectivity index (χ1n) is 11.2. The van der Waals surface area contributed by atoms with Crippen molar-refractivity contribution in [2.24, 2.45) is 0 Å². The monoisotopic (exact) mass is 450 g/mol. The Morgan fingerprint density at radius 3 is 2.64 bits per heavy atom. The third kappa shape index (κ3) is 5.48. The van der Waals surface area contributed by atoms with Crippen molar-refractivity contribution < 1.29 is 23.5 Å². The van der Waals surface area contributed by atoms with Crippen LogP contribution in [0.2, 0.25) is 0 Å². The summed E-state index contributed by atoms with van der Waals surface area (Å²) in [7, 11) is 0. The Morgan fingerprint density at radius 2 is 1.91 bits per heavy atom. The molecule has 1 saturated heterocycles. The van der Waals surface area contributed by atoms with Gasteiger partial charge in [0.05, 0.1) is 5.56 Å². The first-order valence-corrected chi connectivity index (χ1v) is 11.2. The fourth-order valence-corrected chi connectivity index (χ4v) is 3.94. The van der Waals surface area contributed by atoms with Gasteiger partial charge in [0.2, 0.25) is 0 Å². The van der Waals surface area contributed by atoms with Crippen LogP contribution in [0, 0.1) is 6.92 Å². The maximum absolute atomic E-state index is 13.1. The molecule has 174 valence electrons. The van der Waals surface area contributed by atoms with Gasteiger partial charge in [0.15, 0.2) is 0 Å². The van der Waals surface area contributed by atoms with Crippen molar-refractivity contribution in [1.82, 2.24) is 10.2 Å². The van der Waals surface area contributed by atoms with Crippen LogP contribution in [0.15, 0.2) is 52.9 Å². The highest BCUT2D eigenvalue weighted by Crippen LogP contribution is 2.30. The molecule has 1 N–H and O–H groups in total. The van der Waals surface area contributed by atoms with Gasteiger partial charge in [0, 0.05) is 24.5 Å². The Balaban J connectivity index is 1.44. The van der Waals surface area contributed by atoms with Crippen LogP contribution >= 0.6 is 0 Å². The summed E-state index contributed by atoms with van der Waals surface area (Å²) in [4.78, 5) is 27.1. The standard InChI is InChI=1S/C26H30N2O5/c1-17-23(24(29)27-19-12-13-28(15-19)25(30)33-26(2,3)4)21-14-20(10-11-22(21)32-17)31-16-18-8-6-5-7-9-18/h5-11,14,19H,12-13,15-16H2,1-4H3,(H,27,29)/t19-/m0/s1. The van der Waals surface area contributed by atoms with Crippen LogP contribution in [0.3, 0.4) is 0 Å². The van der Waals surface area contributed by atoms with Crippen molar-refractivity contribution in [3.63, 3.8) is 0 Å². The summed E-state index contributed by atoms with van der Waals surface area (Å²) in [6.45, 7) is 8.69. The number of amides is 2. The number of aryl methyl sites for hydroxylation is 1. The molecular formula is C26H30N2O5. The lowest BCUT2D eigenvalue weighted by molar-refractivity contribution is 0.0290. The van der Waals surface area contributed by atoms with E-state index in [2.05, 4.69) is 5.32 Å². The number of hydrogen-bond acceptors (Lipinski definition) is 5. The van der Waals surface area contributed by atoms with Gasteiger partial charge in [0.1, 0.15) is 29.3 Å². The molecule has 0 bridgehead atoms. The zero-order valence-corrected chi connectivity index (χ0v) is 19.5. The zero-order chi connectivity index (χ0) is 23.6. The van der Waals surface area contributed by atoms with E-state index in [1.165, 1.54) is 0 Å². The molecule has 0 spiro atoms. The minimum Gasteiger partial charge on any atom is -0.489 e. The van der Waals surface area contributed by atoms with Gasteiger partial charge in [-0.15, -0.1) is 0 Å². The topological polar surface area (TPSA) is 81.0 Å². The number of ether oxygens (including phenoxy) is 2. The van der Waals surface area contributed by atoms with Gasteiger partial charge in [-0.25, -0.2) is 4.79 Å². The second kappa shape index (κ2) is 9.17. The molecule has 1 aromatic heterocycles. The highest BCUT2D eigenvalue weighted by Gasteiger charge is 2.31. The lowest BCUT2D eigenvalue weighted by atomic mass is 10.1. The number of hydrogen-bond donors (Lipinski definition) is 1. The fourth-order valence-electron chi connectivity index (χ4n) is 3.94. The smallest absolute Gasteiger partial charge is 0.410 e. The third-order valence-electron chi connectivity index (χ3n) is 5.49. The maximum atomic E-state index is 13.1. The molecule has 0 unspecified atom stereocenters. The summed E-state index contributed by atoms with van der Waals surface area (Å²) in [5.41, 5.74) is 1.64. The molecule has 1 atom stereocenters. The van der Waals surface area contributed by atoms with E-state index in [4.69, 9.17) is 13.9 Å². The lowest BCUT2D eigenvalue weighted by Crippen LogP contribution is -2.40. The average molecular weight is 451 g/mol. The van der Waals surface area contributed by atoms with E-state index in [-0.39, 0.29) is 18.0 Å². The minimum absolute atomic E-state index is 0.146. The van der Waals surface area contributed by atoms with Gasteiger partial charge in [-0.05, 0) is 57.9 Å². The fraction of sp³-hybridized carbons (Fsp3) is 0.385. The Labute approximate surface area is 193 Å². The summed E-state index contributed by atoms with van der Waals surface area (Å²) in [5.74, 6) is 0.991. The molecule has 1 fully saturated rings. The number of rotatable bonds is 5. The molecular weight excluding hydrogens is 420 g/mol. The molecule has 33 heavy (non-hydrogen) atoms. The van der Waals surface area contributed by atoms with Crippen molar-refractivity contribution in [2.45, 2.75) is 52.4 Å². The third-order valence-corrected chi connectivity index (χ3v) is 5.49. The van der Waals surface area contributed by atoms with Crippen LogP contribution in [-0.4, -0.2) is 41.6 Å². The number of fused-ring (bicyclic) bond motifs is 1. The molecule has 3 aromatic rings. The number of carbonyl (C=O) groups is 2. The number of furan rings is 1. The predicted molar refractivity (Wildman–Crippen MR) is 125 cm³/mol. The van der Waals surface area contributed by atoms with Crippen molar-refractivity contribution in [2.75, 3.05) is 13.1 Å². The highest BCUT2D eigenvalue weighted by atomic mass is 16.6. The van der Waals surface area contributed by atoms with Gasteiger partial charge in [0.25, 0.3) is 5.91 Å². The Kier molecular flexibility index (Phi) is 6.31. The van der Waals surface area contributed by atoms with Gasteiger partial charge in [-0.3, -0.25) is 4.79 Å². The predicted octanol–water partition coefficient (Wildman–Crippen LogP) is 5.06. The summed E-state index contributed by atoms with van der Waals surface area (Å²) < 4.78 is 17.2. The van der Waals surface area contributed by atoms with Crippen LogP contribution in [0.1, 0.15) is 48.9 Å². The Hall–Kier alpha value is -3.48. The van der Waals surface area contributed by atoms with Gasteiger partial charge in [-0.1, -0.05) is 30.3 Å². The second-order valence-electron chi connectivity index (χ2n) is 9.35. The van der Waals surface area contributed by atoms with Crippen molar-refractivity contribution >= 4 is 23.0 Å². The Bertz CT molecular complexity index is 1150. The van der Waals surface area contributed by atoms with Crippen LogP contribution < -0.4 is 10.1 Å². The number of benzene rings is 2. The number of nitrogens with zero attached hydrogens (tertiary/aromatic N) is 1. The van der Waals surface area contributed by atoms with Crippen molar-refractivity contribution in [3.8, 4) is 5.75 Å². The number of nitrogens with one attached hydrogen (secondary N) is 1. The van der Waals surface area contributed by atoms with Crippen LogP contribution in [0.5, 0.6) is 5.75 Å². The molecule has 2 aromatic carbocycles. The second-order valence-corrected chi connectivity index (χ2v) is 9.35. The van der Waals surface area contributed by atoms with Crippen LogP contribution in [-0.2, 0) is 11.3 Å². The van der Waals surface area contributed by atoms with E-state index in [0.717, 1.165) is 5.56 Å². The average Bonchev–Trinajstić information content (AvgIpc) is 3.35. The van der Waals surface area contributed by atoms with E-state index in [9.17, 15) is 9.59 Å². The van der Waals surface area contributed by atoms with Crippen LogP contribution in [0.4, 0.5) is 4.79 Å². The number of likely N-dealkylation sites (tertiary alicyclic amines) is 1. The maximum Gasteiger partial charge on any atom is 0.410 e. The van der Waals surface area contributed by atoms with Gasteiger partial charge < -0.3 is 24.1 Å². The summed E-state index contributed by atoms with van der Waals surface area (Å²) in [5, 5.41) is 3.76. The van der Waals surface area contributed by atoms with Crippen molar-refractivity contribution in [1.29, 1.82) is 0 Å². The summed E-state index contributed by atoms with van der Waals surface area (Å²) in [6, 6.07) is 15.3. The molecule has 0 saturated carbocycles. The molecule has 0 aliphatic carbocycles. The molecule has 2 heterocycles. The van der Waals surface area contributed by atoms with Gasteiger partial charge in [-0.2, -0.15) is 0 Å². The molecule has 2 amide bonds. The molecule has 7 heteroatoms. The lowest BCUT2D eigenvalue weighted by Gasteiger charge is -2.24. The first kappa shape index (κ1) is 22.7. The largest absolute Gasteiger partial charge is 0.489 e. The molecule has 7 nitrogen and oxygen atoms in total. The zero-order valence-electron chi connectivity index (χ0n) is 19.5. The quantitative estimate of drug-likeness (QED) is 0.588. The van der Waals surface area contributed by atoms with Gasteiger partial charge >= 0.3 is 6.09 Å². The molecule has 4 rings (SSSR count). The van der Waals surface area contributed by atoms with E-state index in [1.807, 2.05) is 69.3 Å². The molecule has 1 aliphatic rings.